The van der Waals surface area contributed by atoms with E-state index in [1.54, 1.807) is 0 Å². The SMILES string of the molecule is O=C(O)N[C@@H](CCO)c1ccc(F)cc1. The summed E-state index contributed by atoms with van der Waals surface area (Å²) in [4.78, 5) is 10.5. The lowest BCUT2D eigenvalue weighted by atomic mass is 10.0. The van der Waals surface area contributed by atoms with E-state index in [2.05, 4.69) is 5.32 Å². The molecule has 0 aromatic heterocycles. The summed E-state index contributed by atoms with van der Waals surface area (Å²) in [5.74, 6) is -0.378. The number of aliphatic hydroxyl groups excluding tert-OH is 1. The lowest BCUT2D eigenvalue weighted by Gasteiger charge is -2.15. The maximum absolute atomic E-state index is 12.6. The standard InChI is InChI=1S/C10H12FNO3/c11-8-3-1-7(2-4-8)9(5-6-13)12-10(14)15/h1-4,9,12-13H,5-6H2,(H,14,15)/t9-/m0/s1. The van der Waals surface area contributed by atoms with Crippen LogP contribution in [-0.4, -0.2) is 22.9 Å². The molecule has 0 radical (unpaired) electrons. The normalized spacial score (nSPS) is 12.1. The van der Waals surface area contributed by atoms with Crippen molar-refractivity contribution in [2.75, 3.05) is 6.61 Å². The molecule has 1 aromatic rings. The highest BCUT2D eigenvalue weighted by Crippen LogP contribution is 2.16. The maximum Gasteiger partial charge on any atom is 0.405 e. The summed E-state index contributed by atoms with van der Waals surface area (Å²) >= 11 is 0. The molecule has 1 rings (SSSR count). The highest BCUT2D eigenvalue weighted by atomic mass is 19.1. The van der Waals surface area contributed by atoms with Crippen LogP contribution in [-0.2, 0) is 0 Å². The van der Waals surface area contributed by atoms with E-state index in [0.717, 1.165) is 0 Å². The summed E-state index contributed by atoms with van der Waals surface area (Å²) in [7, 11) is 0. The molecule has 3 N–H and O–H groups in total. The third-order valence-corrected chi connectivity index (χ3v) is 1.99. The van der Waals surface area contributed by atoms with Crippen LogP contribution in [0, 0.1) is 5.82 Å². The first-order chi connectivity index (χ1) is 7.13. The Hall–Kier alpha value is -1.62. The first kappa shape index (κ1) is 11.5. The number of carbonyl (C=O) groups is 1. The molecule has 1 amide bonds. The van der Waals surface area contributed by atoms with Gasteiger partial charge in [-0.25, -0.2) is 9.18 Å². The van der Waals surface area contributed by atoms with E-state index in [4.69, 9.17) is 10.2 Å². The lowest BCUT2D eigenvalue weighted by Crippen LogP contribution is -2.27. The fourth-order valence-electron chi connectivity index (χ4n) is 1.30. The third kappa shape index (κ3) is 3.55. The van der Waals surface area contributed by atoms with Gasteiger partial charge >= 0.3 is 6.09 Å². The van der Waals surface area contributed by atoms with Gasteiger partial charge in [0.25, 0.3) is 0 Å². The van der Waals surface area contributed by atoms with Gasteiger partial charge in [-0.05, 0) is 24.1 Å². The van der Waals surface area contributed by atoms with E-state index in [-0.39, 0.29) is 18.8 Å². The number of hydrogen-bond acceptors (Lipinski definition) is 2. The Morgan fingerprint density at radius 1 is 1.40 bits per heavy atom. The van der Waals surface area contributed by atoms with E-state index in [0.29, 0.717) is 5.56 Å². The molecule has 0 spiro atoms. The van der Waals surface area contributed by atoms with Crippen LogP contribution in [0.15, 0.2) is 24.3 Å². The minimum Gasteiger partial charge on any atom is -0.465 e. The van der Waals surface area contributed by atoms with E-state index < -0.39 is 12.1 Å². The highest BCUT2D eigenvalue weighted by molar-refractivity contribution is 5.65. The topological polar surface area (TPSA) is 69.6 Å². The molecular weight excluding hydrogens is 201 g/mol. The number of aliphatic hydroxyl groups is 1. The average Bonchev–Trinajstić information content (AvgIpc) is 2.17. The molecule has 4 nitrogen and oxygen atoms in total. The van der Waals surface area contributed by atoms with Gasteiger partial charge in [-0.1, -0.05) is 12.1 Å². The first-order valence-electron chi connectivity index (χ1n) is 4.49. The molecule has 0 saturated carbocycles. The van der Waals surface area contributed by atoms with Crippen molar-refractivity contribution >= 4 is 6.09 Å². The van der Waals surface area contributed by atoms with Crippen LogP contribution >= 0.6 is 0 Å². The van der Waals surface area contributed by atoms with Gasteiger partial charge in [0.15, 0.2) is 0 Å². The van der Waals surface area contributed by atoms with Crippen molar-refractivity contribution in [1.82, 2.24) is 5.32 Å². The second kappa shape index (κ2) is 5.31. The van der Waals surface area contributed by atoms with Gasteiger partial charge in [0, 0.05) is 6.61 Å². The Kier molecular flexibility index (Phi) is 4.05. The number of carboxylic acid groups (broad SMARTS) is 1. The summed E-state index contributed by atoms with van der Waals surface area (Å²) in [5.41, 5.74) is 0.632. The Labute approximate surface area is 86.4 Å². The Bertz CT molecular complexity index is 326. The summed E-state index contributed by atoms with van der Waals surface area (Å²) < 4.78 is 12.6. The molecule has 0 bridgehead atoms. The summed E-state index contributed by atoms with van der Waals surface area (Å²) in [6, 6.07) is 4.98. The van der Waals surface area contributed by atoms with Gasteiger partial charge in [0.1, 0.15) is 5.82 Å². The van der Waals surface area contributed by atoms with Crippen LogP contribution in [0.4, 0.5) is 9.18 Å². The van der Waals surface area contributed by atoms with Crippen molar-refractivity contribution in [2.45, 2.75) is 12.5 Å². The zero-order chi connectivity index (χ0) is 11.3. The van der Waals surface area contributed by atoms with Crippen molar-refractivity contribution in [1.29, 1.82) is 0 Å². The summed E-state index contributed by atoms with van der Waals surface area (Å²) in [6.45, 7) is -0.137. The van der Waals surface area contributed by atoms with E-state index >= 15 is 0 Å². The third-order valence-electron chi connectivity index (χ3n) is 1.99. The molecule has 0 heterocycles. The van der Waals surface area contributed by atoms with Crippen molar-refractivity contribution in [3.8, 4) is 0 Å². The molecule has 1 aromatic carbocycles. The molecule has 0 unspecified atom stereocenters. The highest BCUT2D eigenvalue weighted by Gasteiger charge is 2.12. The molecule has 1 atom stereocenters. The van der Waals surface area contributed by atoms with Crippen LogP contribution in [0.5, 0.6) is 0 Å². The molecule has 5 heteroatoms. The molecule has 82 valence electrons. The number of halogens is 1. The fraction of sp³-hybridized carbons (Fsp3) is 0.300. The van der Waals surface area contributed by atoms with Gasteiger partial charge in [-0.15, -0.1) is 0 Å². The van der Waals surface area contributed by atoms with Crippen molar-refractivity contribution in [3.63, 3.8) is 0 Å². The molecule has 0 aliphatic rings. The summed E-state index contributed by atoms with van der Waals surface area (Å²) in [5, 5.41) is 19.6. The van der Waals surface area contributed by atoms with E-state index in [1.165, 1.54) is 24.3 Å². The first-order valence-corrected chi connectivity index (χ1v) is 4.49. The van der Waals surface area contributed by atoms with Crippen LogP contribution in [0.25, 0.3) is 0 Å². The van der Waals surface area contributed by atoms with Crippen LogP contribution in [0.3, 0.4) is 0 Å². The van der Waals surface area contributed by atoms with E-state index in [1.807, 2.05) is 0 Å². The smallest absolute Gasteiger partial charge is 0.405 e. The largest absolute Gasteiger partial charge is 0.465 e. The Morgan fingerprint density at radius 3 is 2.47 bits per heavy atom. The molecule has 0 aliphatic carbocycles. The van der Waals surface area contributed by atoms with Gasteiger partial charge in [0.2, 0.25) is 0 Å². The van der Waals surface area contributed by atoms with E-state index in [9.17, 15) is 9.18 Å². The van der Waals surface area contributed by atoms with Gasteiger partial charge in [-0.3, -0.25) is 0 Å². The molecule has 0 saturated heterocycles. The van der Waals surface area contributed by atoms with Crippen LogP contribution in [0.2, 0.25) is 0 Å². The predicted octanol–water partition coefficient (Wildman–Crippen LogP) is 1.52. The molecular formula is C10H12FNO3. The Morgan fingerprint density at radius 2 is 2.00 bits per heavy atom. The maximum atomic E-state index is 12.6. The van der Waals surface area contributed by atoms with Gasteiger partial charge < -0.3 is 15.5 Å². The van der Waals surface area contributed by atoms with Crippen LogP contribution in [0.1, 0.15) is 18.0 Å². The molecule has 0 fully saturated rings. The zero-order valence-corrected chi connectivity index (χ0v) is 7.98. The molecule has 0 aliphatic heterocycles. The Balaban J connectivity index is 2.78. The van der Waals surface area contributed by atoms with Crippen molar-refractivity contribution < 1.29 is 19.4 Å². The second-order valence-corrected chi connectivity index (χ2v) is 3.07. The minimum absolute atomic E-state index is 0.137. The quantitative estimate of drug-likeness (QED) is 0.710. The lowest BCUT2D eigenvalue weighted by molar-refractivity contribution is 0.185. The second-order valence-electron chi connectivity index (χ2n) is 3.07. The number of benzene rings is 1. The average molecular weight is 213 g/mol. The minimum atomic E-state index is -1.17. The number of rotatable bonds is 4. The van der Waals surface area contributed by atoms with Crippen molar-refractivity contribution in [2.24, 2.45) is 0 Å². The zero-order valence-electron chi connectivity index (χ0n) is 7.98. The molecule has 15 heavy (non-hydrogen) atoms. The number of amides is 1. The van der Waals surface area contributed by atoms with Crippen LogP contribution < -0.4 is 5.32 Å². The predicted molar refractivity (Wildman–Crippen MR) is 52.0 cm³/mol. The van der Waals surface area contributed by atoms with Crippen molar-refractivity contribution in [3.05, 3.63) is 35.6 Å². The monoisotopic (exact) mass is 213 g/mol. The number of hydrogen-bond donors (Lipinski definition) is 3. The number of nitrogens with one attached hydrogen (secondary N) is 1. The van der Waals surface area contributed by atoms with Gasteiger partial charge in [0.05, 0.1) is 6.04 Å². The summed E-state index contributed by atoms with van der Waals surface area (Å²) in [6.07, 6.45) is -0.907. The van der Waals surface area contributed by atoms with Gasteiger partial charge in [-0.2, -0.15) is 0 Å². The fourth-order valence-corrected chi connectivity index (χ4v) is 1.30.